The molecule has 0 heterocycles. The van der Waals surface area contributed by atoms with E-state index in [2.05, 4.69) is 47.3 Å². The Morgan fingerprint density at radius 1 is 0.912 bits per heavy atom. The molecule has 0 spiro atoms. The van der Waals surface area contributed by atoms with Gasteiger partial charge in [0.05, 0.1) is 11.1 Å². The maximum atomic E-state index is 12.4. The number of carbonyl (C=O) groups is 1. The fourth-order valence-electron chi connectivity index (χ4n) is 3.76. The number of carbonyl (C=O) groups excluding carboxylic acids is 1. The molecule has 1 aromatic rings. The van der Waals surface area contributed by atoms with Crippen molar-refractivity contribution in [2.75, 3.05) is 13.2 Å². The molecule has 2 N–H and O–H groups in total. The number of thiocarbonyl (C=S) groups is 1. The van der Waals surface area contributed by atoms with Crippen molar-refractivity contribution in [3.63, 3.8) is 0 Å². The van der Waals surface area contributed by atoms with Crippen LogP contribution in [-0.4, -0.2) is 24.2 Å². The number of unbranched alkanes of at least 4 members (excludes halogenated alkanes) is 13. The normalized spacial score (nSPS) is 11.0. The summed E-state index contributed by atoms with van der Waals surface area (Å²) < 4.78 is 6.50. The number of amides is 1. The minimum absolute atomic E-state index is 0.213. The Labute approximate surface area is 222 Å². The second-order valence-electron chi connectivity index (χ2n) is 9.66. The molecule has 0 saturated carbocycles. The van der Waals surface area contributed by atoms with Crippen molar-refractivity contribution in [3.8, 4) is 5.75 Å². The second kappa shape index (κ2) is 20.1. The molecule has 0 saturated heterocycles. The predicted molar refractivity (Wildman–Crippen MR) is 153 cm³/mol. The molecule has 1 aromatic carbocycles. The highest BCUT2D eigenvalue weighted by Gasteiger charge is 2.11. The van der Waals surface area contributed by atoms with Gasteiger partial charge in [0.2, 0.25) is 0 Å². The van der Waals surface area contributed by atoms with E-state index in [0.717, 1.165) is 23.2 Å². The quantitative estimate of drug-likeness (QED) is 0.133. The van der Waals surface area contributed by atoms with Crippen LogP contribution in [0.2, 0.25) is 0 Å². The average molecular weight is 556 g/mol. The van der Waals surface area contributed by atoms with Gasteiger partial charge in [0.25, 0.3) is 5.91 Å². The lowest BCUT2D eigenvalue weighted by atomic mass is 10.0. The Balaban J connectivity index is 2.03. The van der Waals surface area contributed by atoms with E-state index in [1.54, 1.807) is 12.1 Å². The molecule has 4 nitrogen and oxygen atoms in total. The van der Waals surface area contributed by atoms with Crippen molar-refractivity contribution < 1.29 is 9.53 Å². The van der Waals surface area contributed by atoms with Gasteiger partial charge in [-0.25, -0.2) is 0 Å². The number of halogens is 1. The molecule has 0 unspecified atom stereocenters. The Kier molecular flexibility index (Phi) is 18.3. The first-order valence-corrected chi connectivity index (χ1v) is 14.7. The van der Waals surface area contributed by atoms with E-state index >= 15 is 0 Å². The Hall–Kier alpha value is -1.14. The third-order valence-corrected chi connectivity index (χ3v) is 6.68. The van der Waals surface area contributed by atoms with Gasteiger partial charge in [0.15, 0.2) is 5.11 Å². The van der Waals surface area contributed by atoms with Crippen LogP contribution in [-0.2, 0) is 0 Å². The van der Waals surface area contributed by atoms with Crippen molar-refractivity contribution in [2.24, 2.45) is 5.92 Å². The first-order valence-electron chi connectivity index (χ1n) is 13.5. The van der Waals surface area contributed by atoms with Crippen molar-refractivity contribution in [1.29, 1.82) is 0 Å². The largest absolute Gasteiger partial charge is 0.492 e. The van der Waals surface area contributed by atoms with Gasteiger partial charge in [-0.2, -0.15) is 0 Å². The number of ether oxygens (including phenoxy) is 1. The summed E-state index contributed by atoms with van der Waals surface area (Å²) >= 11 is 8.76. The summed E-state index contributed by atoms with van der Waals surface area (Å²) in [5.74, 6) is 0.969. The van der Waals surface area contributed by atoms with Crippen LogP contribution in [0.15, 0.2) is 22.7 Å². The van der Waals surface area contributed by atoms with E-state index in [0.29, 0.717) is 23.2 Å². The predicted octanol–water partition coefficient (Wildman–Crippen LogP) is 8.57. The third kappa shape index (κ3) is 15.7. The lowest BCUT2D eigenvalue weighted by Gasteiger charge is -2.12. The molecule has 0 aliphatic rings. The van der Waals surface area contributed by atoms with Crippen LogP contribution in [0.3, 0.4) is 0 Å². The smallest absolute Gasteiger partial charge is 0.257 e. The molecular weight excluding hydrogens is 508 g/mol. The standard InChI is InChI=1S/C28H47BrN2O2S/c1-4-5-6-7-8-9-10-11-12-13-14-15-16-17-20-30-28(34)31-27(32)24-18-19-26(25(29)21-24)33-22-23(2)3/h18-19,21,23H,4-17,20,22H2,1-3H3,(H2,30,31,32,34). The number of rotatable bonds is 19. The van der Waals surface area contributed by atoms with Gasteiger partial charge >= 0.3 is 0 Å². The Morgan fingerprint density at radius 3 is 1.94 bits per heavy atom. The number of hydrogen-bond acceptors (Lipinski definition) is 3. The summed E-state index contributed by atoms with van der Waals surface area (Å²) in [5.41, 5.74) is 0.546. The molecule has 0 aliphatic carbocycles. The van der Waals surface area contributed by atoms with E-state index in [1.165, 1.54) is 83.5 Å². The van der Waals surface area contributed by atoms with Crippen LogP contribution in [0, 0.1) is 5.92 Å². The Bertz CT molecular complexity index is 697. The van der Waals surface area contributed by atoms with Crippen molar-refractivity contribution in [3.05, 3.63) is 28.2 Å². The molecule has 1 rings (SSSR count). The fourth-order valence-corrected chi connectivity index (χ4v) is 4.44. The molecule has 0 bridgehead atoms. The monoisotopic (exact) mass is 554 g/mol. The zero-order valence-corrected chi connectivity index (χ0v) is 24.1. The lowest BCUT2D eigenvalue weighted by Crippen LogP contribution is -2.39. The maximum Gasteiger partial charge on any atom is 0.257 e. The van der Waals surface area contributed by atoms with Crippen molar-refractivity contribution in [2.45, 2.75) is 111 Å². The molecule has 0 fully saturated rings. The molecule has 6 heteroatoms. The molecular formula is C28H47BrN2O2S. The minimum Gasteiger partial charge on any atom is -0.492 e. The summed E-state index contributed by atoms with van der Waals surface area (Å²) in [6, 6.07) is 5.33. The van der Waals surface area contributed by atoms with E-state index in [9.17, 15) is 4.79 Å². The first-order chi connectivity index (χ1) is 16.4. The molecule has 0 atom stereocenters. The van der Waals surface area contributed by atoms with Crippen molar-refractivity contribution >= 4 is 39.2 Å². The molecule has 0 aromatic heterocycles. The SMILES string of the molecule is CCCCCCCCCCCCCCCCNC(=S)NC(=O)c1ccc(OCC(C)C)c(Br)c1. The van der Waals surface area contributed by atoms with Crippen LogP contribution in [0.5, 0.6) is 5.75 Å². The maximum absolute atomic E-state index is 12.4. The minimum atomic E-state index is -0.213. The lowest BCUT2D eigenvalue weighted by molar-refractivity contribution is 0.0976. The molecule has 1 amide bonds. The number of benzene rings is 1. The number of hydrogen-bond donors (Lipinski definition) is 2. The van der Waals surface area contributed by atoms with E-state index in [1.807, 2.05) is 6.07 Å². The van der Waals surface area contributed by atoms with Gasteiger partial charge in [0.1, 0.15) is 5.75 Å². The highest BCUT2D eigenvalue weighted by Crippen LogP contribution is 2.26. The summed E-state index contributed by atoms with van der Waals surface area (Å²) in [5, 5.41) is 6.30. The molecule has 194 valence electrons. The third-order valence-electron chi connectivity index (χ3n) is 5.81. The summed E-state index contributed by atoms with van der Waals surface area (Å²) in [6.45, 7) is 7.90. The zero-order chi connectivity index (χ0) is 25.0. The van der Waals surface area contributed by atoms with E-state index < -0.39 is 0 Å². The van der Waals surface area contributed by atoms with Gasteiger partial charge in [0, 0.05) is 12.1 Å². The fraction of sp³-hybridized carbons (Fsp3) is 0.714. The highest BCUT2D eigenvalue weighted by atomic mass is 79.9. The van der Waals surface area contributed by atoms with Crippen molar-refractivity contribution in [1.82, 2.24) is 10.6 Å². The topological polar surface area (TPSA) is 50.4 Å². The average Bonchev–Trinajstić information content (AvgIpc) is 2.80. The molecule has 0 aliphatic heterocycles. The Morgan fingerprint density at radius 2 is 1.44 bits per heavy atom. The van der Waals surface area contributed by atoms with E-state index in [4.69, 9.17) is 17.0 Å². The van der Waals surface area contributed by atoms with Crippen LogP contribution in [0.1, 0.15) is 121 Å². The van der Waals surface area contributed by atoms with E-state index in [-0.39, 0.29) is 5.91 Å². The van der Waals surface area contributed by atoms with Crippen LogP contribution in [0.4, 0.5) is 0 Å². The number of nitrogens with one attached hydrogen (secondary N) is 2. The van der Waals surface area contributed by atoms with Gasteiger partial charge in [-0.05, 0) is 58.7 Å². The summed E-state index contributed by atoms with van der Waals surface area (Å²) in [7, 11) is 0. The highest BCUT2D eigenvalue weighted by molar-refractivity contribution is 9.10. The molecule has 0 radical (unpaired) electrons. The van der Waals surface area contributed by atoms with Gasteiger partial charge in [-0.15, -0.1) is 0 Å². The first kappa shape index (κ1) is 30.9. The van der Waals surface area contributed by atoms with Crippen LogP contribution < -0.4 is 15.4 Å². The summed E-state index contributed by atoms with van der Waals surface area (Å²) in [6.07, 6.45) is 18.8. The summed E-state index contributed by atoms with van der Waals surface area (Å²) in [4.78, 5) is 12.4. The van der Waals surface area contributed by atoms with Gasteiger partial charge in [-0.1, -0.05) is 104 Å². The van der Waals surface area contributed by atoms with Gasteiger partial charge in [-0.3, -0.25) is 10.1 Å². The van der Waals surface area contributed by atoms with Gasteiger partial charge < -0.3 is 10.1 Å². The van der Waals surface area contributed by atoms with Crippen LogP contribution >= 0.6 is 28.1 Å². The molecule has 34 heavy (non-hydrogen) atoms. The second-order valence-corrected chi connectivity index (χ2v) is 10.9. The zero-order valence-electron chi connectivity index (χ0n) is 21.7. The van der Waals surface area contributed by atoms with Crippen LogP contribution in [0.25, 0.3) is 0 Å².